The van der Waals surface area contributed by atoms with E-state index in [2.05, 4.69) is 20.6 Å². The number of hydrogen-bond donors (Lipinski definition) is 2. The van der Waals surface area contributed by atoms with E-state index in [1.54, 1.807) is 24.3 Å². The maximum absolute atomic E-state index is 12.4. The first-order valence-electron chi connectivity index (χ1n) is 8.32. The molecule has 0 saturated carbocycles. The molecule has 0 spiro atoms. The molecule has 3 aromatic rings. The number of carbonyl (C=O) groups is 2. The lowest BCUT2D eigenvalue weighted by atomic mass is 10.1. The maximum Gasteiger partial charge on any atom is 0.255 e. The first-order valence-corrected chi connectivity index (χ1v) is 8.32. The van der Waals surface area contributed by atoms with Gasteiger partial charge in [0.05, 0.1) is 18.1 Å². The van der Waals surface area contributed by atoms with E-state index >= 15 is 0 Å². The number of aryl methyl sites for hydroxylation is 1. The molecule has 0 atom stereocenters. The minimum absolute atomic E-state index is 0.207. The lowest BCUT2D eigenvalue weighted by Crippen LogP contribution is -2.12. The summed E-state index contributed by atoms with van der Waals surface area (Å²) in [6, 6.07) is 14.6. The summed E-state index contributed by atoms with van der Waals surface area (Å²) in [6.45, 7) is 1.97. The minimum Gasteiger partial charge on any atom is -0.322 e. The summed E-state index contributed by atoms with van der Waals surface area (Å²) in [5.74, 6) is -0.513. The van der Waals surface area contributed by atoms with Crippen molar-refractivity contribution in [1.82, 2.24) is 9.97 Å². The van der Waals surface area contributed by atoms with E-state index in [0.717, 1.165) is 16.8 Å². The smallest absolute Gasteiger partial charge is 0.255 e. The van der Waals surface area contributed by atoms with E-state index in [4.69, 9.17) is 0 Å². The number of hydrogen-bond acceptors (Lipinski definition) is 4. The molecule has 27 heavy (non-hydrogen) atoms. The van der Waals surface area contributed by atoms with E-state index < -0.39 is 0 Å². The third-order valence-electron chi connectivity index (χ3n) is 3.68. The van der Waals surface area contributed by atoms with Crippen LogP contribution >= 0.6 is 0 Å². The monoisotopic (exact) mass is 358 g/mol. The largest absolute Gasteiger partial charge is 0.322 e. The van der Waals surface area contributed by atoms with E-state index in [1.165, 1.54) is 24.8 Å². The summed E-state index contributed by atoms with van der Waals surface area (Å²) in [6.07, 6.45) is 7.44. The Kier molecular flexibility index (Phi) is 5.69. The molecule has 0 bridgehead atoms. The van der Waals surface area contributed by atoms with Gasteiger partial charge in [-0.25, -0.2) is 9.97 Å². The van der Waals surface area contributed by atoms with E-state index in [1.807, 2.05) is 37.3 Å². The molecule has 2 aromatic carbocycles. The molecule has 6 heteroatoms. The van der Waals surface area contributed by atoms with Crippen LogP contribution < -0.4 is 10.6 Å². The Morgan fingerprint density at radius 2 is 1.70 bits per heavy atom. The normalized spacial score (nSPS) is 10.6. The average Bonchev–Trinajstić information content (AvgIpc) is 2.67. The van der Waals surface area contributed by atoms with Crippen molar-refractivity contribution in [2.75, 3.05) is 10.6 Å². The molecule has 0 aliphatic carbocycles. The van der Waals surface area contributed by atoms with Gasteiger partial charge in [-0.15, -0.1) is 0 Å². The molecular weight excluding hydrogens is 340 g/mol. The van der Waals surface area contributed by atoms with Crippen LogP contribution in [-0.2, 0) is 4.79 Å². The second-order valence-electron chi connectivity index (χ2n) is 5.90. The molecule has 0 unspecified atom stereocenters. The van der Waals surface area contributed by atoms with Gasteiger partial charge in [-0.1, -0.05) is 24.3 Å². The number of aromatic nitrogens is 2. The van der Waals surface area contributed by atoms with Crippen molar-refractivity contribution < 1.29 is 9.59 Å². The van der Waals surface area contributed by atoms with E-state index in [0.29, 0.717) is 11.3 Å². The molecule has 1 heterocycles. The van der Waals surface area contributed by atoms with Gasteiger partial charge in [0.15, 0.2) is 0 Å². The number of amides is 2. The van der Waals surface area contributed by atoms with Crippen molar-refractivity contribution in [3.05, 3.63) is 90.0 Å². The standard InChI is InChI=1S/C21H18N4O2/c1-15-4-2-7-18(10-15)25-21(27)17-6-3-5-16(11-17)8-9-20(26)24-19-12-22-14-23-13-19/h2-14H,1H3,(H,24,26)(H,25,27)/b9-8+. The van der Waals surface area contributed by atoms with Gasteiger partial charge in [-0.3, -0.25) is 9.59 Å². The molecule has 134 valence electrons. The Hall–Kier alpha value is -3.80. The molecule has 3 rings (SSSR count). The second kappa shape index (κ2) is 8.53. The topological polar surface area (TPSA) is 84.0 Å². The summed E-state index contributed by atoms with van der Waals surface area (Å²) in [5, 5.41) is 5.53. The van der Waals surface area contributed by atoms with Gasteiger partial charge in [-0.2, -0.15) is 0 Å². The van der Waals surface area contributed by atoms with Crippen molar-refractivity contribution >= 4 is 29.3 Å². The lowest BCUT2D eigenvalue weighted by Gasteiger charge is -2.06. The molecular formula is C21H18N4O2. The van der Waals surface area contributed by atoms with Crippen molar-refractivity contribution in [2.45, 2.75) is 6.92 Å². The molecule has 0 radical (unpaired) electrons. The number of anilines is 2. The highest BCUT2D eigenvalue weighted by molar-refractivity contribution is 6.05. The van der Waals surface area contributed by atoms with Crippen LogP contribution in [0.1, 0.15) is 21.5 Å². The molecule has 0 aliphatic heterocycles. The second-order valence-corrected chi connectivity index (χ2v) is 5.90. The predicted molar refractivity (Wildman–Crippen MR) is 105 cm³/mol. The summed E-state index contributed by atoms with van der Waals surface area (Å²) >= 11 is 0. The zero-order valence-corrected chi connectivity index (χ0v) is 14.7. The number of benzene rings is 2. The van der Waals surface area contributed by atoms with Crippen molar-refractivity contribution in [2.24, 2.45) is 0 Å². The SMILES string of the molecule is Cc1cccc(NC(=O)c2cccc(/C=C/C(=O)Nc3cncnc3)c2)c1. The fourth-order valence-corrected chi connectivity index (χ4v) is 2.43. The fraction of sp³-hybridized carbons (Fsp3) is 0.0476. The summed E-state index contributed by atoms with van der Waals surface area (Å²) in [7, 11) is 0. The van der Waals surface area contributed by atoms with Crippen molar-refractivity contribution in [1.29, 1.82) is 0 Å². The highest BCUT2D eigenvalue weighted by atomic mass is 16.2. The van der Waals surface area contributed by atoms with Crippen molar-refractivity contribution in [3.8, 4) is 0 Å². The molecule has 1 aromatic heterocycles. The Morgan fingerprint density at radius 1 is 0.926 bits per heavy atom. The Morgan fingerprint density at radius 3 is 2.48 bits per heavy atom. The average molecular weight is 358 g/mol. The number of carbonyl (C=O) groups excluding carboxylic acids is 2. The first kappa shape index (κ1) is 18.0. The third kappa shape index (κ3) is 5.34. The van der Waals surface area contributed by atoms with Crippen LogP contribution in [0.5, 0.6) is 0 Å². The fourth-order valence-electron chi connectivity index (χ4n) is 2.43. The molecule has 0 saturated heterocycles. The van der Waals surface area contributed by atoms with Crippen LogP contribution in [0, 0.1) is 6.92 Å². The summed E-state index contributed by atoms with van der Waals surface area (Å²) < 4.78 is 0. The third-order valence-corrected chi connectivity index (χ3v) is 3.68. The Labute approximate surface area is 157 Å². The number of nitrogens with one attached hydrogen (secondary N) is 2. The Bertz CT molecular complexity index is 984. The molecule has 6 nitrogen and oxygen atoms in total. The van der Waals surface area contributed by atoms with Gasteiger partial charge in [0.2, 0.25) is 5.91 Å². The van der Waals surface area contributed by atoms with Crippen LogP contribution in [-0.4, -0.2) is 21.8 Å². The Balaban J connectivity index is 1.66. The quantitative estimate of drug-likeness (QED) is 0.681. The van der Waals surface area contributed by atoms with Gasteiger partial charge in [-0.05, 0) is 48.4 Å². The number of rotatable bonds is 5. The maximum atomic E-state index is 12.4. The summed E-state index contributed by atoms with van der Waals surface area (Å²) in [5.41, 5.74) is 3.57. The van der Waals surface area contributed by atoms with Crippen LogP contribution in [0.2, 0.25) is 0 Å². The van der Waals surface area contributed by atoms with Gasteiger partial charge in [0, 0.05) is 17.3 Å². The minimum atomic E-state index is -0.306. The molecule has 2 amide bonds. The van der Waals surface area contributed by atoms with E-state index in [-0.39, 0.29) is 11.8 Å². The van der Waals surface area contributed by atoms with Crippen LogP contribution in [0.25, 0.3) is 6.08 Å². The highest BCUT2D eigenvalue weighted by Gasteiger charge is 2.06. The zero-order valence-electron chi connectivity index (χ0n) is 14.7. The number of nitrogens with zero attached hydrogens (tertiary/aromatic N) is 2. The van der Waals surface area contributed by atoms with Gasteiger partial charge >= 0.3 is 0 Å². The predicted octanol–water partition coefficient (Wildman–Crippen LogP) is 3.69. The summed E-state index contributed by atoms with van der Waals surface area (Å²) in [4.78, 5) is 32.0. The zero-order chi connectivity index (χ0) is 19.1. The van der Waals surface area contributed by atoms with Crippen LogP contribution in [0.15, 0.2) is 73.3 Å². The van der Waals surface area contributed by atoms with Crippen LogP contribution in [0.3, 0.4) is 0 Å². The first-order chi connectivity index (χ1) is 13.1. The van der Waals surface area contributed by atoms with Crippen molar-refractivity contribution in [3.63, 3.8) is 0 Å². The van der Waals surface area contributed by atoms with E-state index in [9.17, 15) is 9.59 Å². The molecule has 2 N–H and O–H groups in total. The molecule has 0 aliphatic rings. The highest BCUT2D eigenvalue weighted by Crippen LogP contribution is 2.13. The van der Waals surface area contributed by atoms with Gasteiger partial charge < -0.3 is 10.6 Å². The lowest BCUT2D eigenvalue weighted by molar-refractivity contribution is -0.111. The molecule has 0 fully saturated rings. The van der Waals surface area contributed by atoms with Gasteiger partial charge in [0.1, 0.15) is 6.33 Å². The van der Waals surface area contributed by atoms with Crippen LogP contribution in [0.4, 0.5) is 11.4 Å². The van der Waals surface area contributed by atoms with Gasteiger partial charge in [0.25, 0.3) is 5.91 Å².